The molecule has 2 amide bonds. The number of hydrogen-bond acceptors (Lipinski definition) is 4. The summed E-state index contributed by atoms with van der Waals surface area (Å²) in [5, 5.41) is 2.96. The molecule has 1 heterocycles. The van der Waals surface area contributed by atoms with Gasteiger partial charge in [-0.1, -0.05) is 36.4 Å². The van der Waals surface area contributed by atoms with Gasteiger partial charge in [0.2, 0.25) is 11.8 Å². The monoisotopic (exact) mass is 368 g/mol. The lowest BCUT2D eigenvalue weighted by Gasteiger charge is -2.36. The predicted octanol–water partition coefficient (Wildman–Crippen LogP) is 2.08. The quantitative estimate of drug-likeness (QED) is 0.813. The molecule has 6 heteroatoms. The van der Waals surface area contributed by atoms with Crippen LogP contribution in [0.2, 0.25) is 0 Å². The van der Waals surface area contributed by atoms with E-state index in [1.54, 1.807) is 19.1 Å². The summed E-state index contributed by atoms with van der Waals surface area (Å²) in [5.74, 6) is 0.514. The van der Waals surface area contributed by atoms with Crippen molar-refractivity contribution in [3.8, 4) is 5.75 Å². The Labute approximate surface area is 159 Å². The molecule has 6 nitrogen and oxygen atoms in total. The van der Waals surface area contributed by atoms with E-state index in [0.717, 1.165) is 22.4 Å². The lowest BCUT2D eigenvalue weighted by atomic mass is 9.91. The van der Waals surface area contributed by atoms with Gasteiger partial charge in [0.15, 0.2) is 0 Å². The maximum absolute atomic E-state index is 13.0. The Hall–Kier alpha value is -2.86. The summed E-state index contributed by atoms with van der Waals surface area (Å²) >= 11 is 0. The standard InChI is InChI=1S/C21H24N2O4/c1-26-12-11-23-19(24)13-16-5-3-4-6-18(16)20(23)21(25)22-14-15-7-9-17(27-2)10-8-15/h3-10,20H,11-14H2,1-2H3,(H,22,25)/t20-/m1/s1. The van der Waals surface area contributed by atoms with Gasteiger partial charge in [0.1, 0.15) is 11.8 Å². The van der Waals surface area contributed by atoms with Crippen molar-refractivity contribution in [2.75, 3.05) is 27.4 Å². The highest BCUT2D eigenvalue weighted by Gasteiger charge is 2.36. The van der Waals surface area contributed by atoms with E-state index in [1.807, 2.05) is 48.5 Å². The number of nitrogens with zero attached hydrogens (tertiary/aromatic N) is 1. The number of fused-ring (bicyclic) bond motifs is 1. The summed E-state index contributed by atoms with van der Waals surface area (Å²) in [7, 11) is 3.20. The van der Waals surface area contributed by atoms with Crippen LogP contribution in [0.15, 0.2) is 48.5 Å². The predicted molar refractivity (Wildman–Crippen MR) is 101 cm³/mol. The zero-order valence-electron chi connectivity index (χ0n) is 15.6. The second kappa shape index (κ2) is 8.68. The Balaban J connectivity index is 1.78. The molecule has 2 aromatic carbocycles. The fourth-order valence-electron chi connectivity index (χ4n) is 3.29. The Kier molecular flexibility index (Phi) is 6.08. The Morgan fingerprint density at radius 3 is 2.59 bits per heavy atom. The molecule has 27 heavy (non-hydrogen) atoms. The molecule has 0 saturated carbocycles. The number of carbonyl (C=O) groups is 2. The number of methoxy groups -OCH3 is 2. The van der Waals surface area contributed by atoms with Gasteiger partial charge in [-0.3, -0.25) is 9.59 Å². The average molecular weight is 368 g/mol. The van der Waals surface area contributed by atoms with Gasteiger partial charge >= 0.3 is 0 Å². The molecule has 3 rings (SSSR count). The van der Waals surface area contributed by atoms with Crippen LogP contribution in [-0.2, 0) is 27.3 Å². The molecule has 142 valence electrons. The molecular formula is C21H24N2O4. The molecule has 1 atom stereocenters. The van der Waals surface area contributed by atoms with E-state index in [2.05, 4.69) is 5.32 Å². The first kappa shape index (κ1) is 18.9. The summed E-state index contributed by atoms with van der Waals surface area (Å²) < 4.78 is 10.3. The molecule has 0 unspecified atom stereocenters. The Morgan fingerprint density at radius 2 is 1.89 bits per heavy atom. The van der Waals surface area contributed by atoms with Crippen molar-refractivity contribution in [1.82, 2.24) is 10.2 Å². The molecular weight excluding hydrogens is 344 g/mol. The summed E-state index contributed by atoms with van der Waals surface area (Å²) in [4.78, 5) is 27.2. The minimum absolute atomic E-state index is 0.0599. The molecule has 0 aromatic heterocycles. The maximum atomic E-state index is 13.0. The van der Waals surface area contributed by atoms with Crippen molar-refractivity contribution >= 4 is 11.8 Å². The number of ether oxygens (including phenoxy) is 2. The second-order valence-electron chi connectivity index (χ2n) is 6.42. The van der Waals surface area contributed by atoms with Crippen LogP contribution in [0.1, 0.15) is 22.7 Å². The van der Waals surface area contributed by atoms with E-state index in [-0.39, 0.29) is 11.8 Å². The lowest BCUT2D eigenvalue weighted by Crippen LogP contribution is -2.48. The number of hydrogen-bond donors (Lipinski definition) is 1. The summed E-state index contributed by atoms with van der Waals surface area (Å²) in [6.07, 6.45) is 0.308. The fourth-order valence-corrected chi connectivity index (χ4v) is 3.29. The van der Waals surface area contributed by atoms with Gasteiger partial charge in [-0.15, -0.1) is 0 Å². The van der Waals surface area contributed by atoms with Crippen LogP contribution in [0.4, 0.5) is 0 Å². The first-order valence-electron chi connectivity index (χ1n) is 8.91. The van der Waals surface area contributed by atoms with Crippen LogP contribution in [0.3, 0.4) is 0 Å². The van der Waals surface area contributed by atoms with Crippen LogP contribution in [0.5, 0.6) is 5.75 Å². The van der Waals surface area contributed by atoms with Gasteiger partial charge in [0.25, 0.3) is 0 Å². The zero-order chi connectivity index (χ0) is 19.2. The summed E-state index contributed by atoms with van der Waals surface area (Å²) in [5.41, 5.74) is 2.74. The van der Waals surface area contributed by atoms with Gasteiger partial charge in [0, 0.05) is 20.2 Å². The fraction of sp³-hybridized carbons (Fsp3) is 0.333. The number of nitrogens with one attached hydrogen (secondary N) is 1. The first-order valence-corrected chi connectivity index (χ1v) is 8.91. The number of rotatable bonds is 7. The third-order valence-corrected chi connectivity index (χ3v) is 4.73. The van der Waals surface area contributed by atoms with Crippen molar-refractivity contribution < 1.29 is 19.1 Å². The van der Waals surface area contributed by atoms with E-state index in [1.165, 1.54) is 0 Å². The van der Waals surface area contributed by atoms with Gasteiger partial charge < -0.3 is 19.7 Å². The highest BCUT2D eigenvalue weighted by Crippen LogP contribution is 2.30. The van der Waals surface area contributed by atoms with Crippen molar-refractivity contribution in [2.24, 2.45) is 0 Å². The number of benzene rings is 2. The van der Waals surface area contributed by atoms with Crippen molar-refractivity contribution in [2.45, 2.75) is 19.0 Å². The molecule has 1 aliphatic heterocycles. The van der Waals surface area contributed by atoms with Crippen molar-refractivity contribution in [3.63, 3.8) is 0 Å². The van der Waals surface area contributed by atoms with Crippen LogP contribution in [0.25, 0.3) is 0 Å². The molecule has 1 N–H and O–H groups in total. The minimum Gasteiger partial charge on any atom is -0.497 e. The highest BCUT2D eigenvalue weighted by atomic mass is 16.5. The first-order chi connectivity index (χ1) is 13.1. The smallest absolute Gasteiger partial charge is 0.247 e. The van der Waals surface area contributed by atoms with E-state index in [0.29, 0.717) is 26.1 Å². The van der Waals surface area contributed by atoms with E-state index in [4.69, 9.17) is 9.47 Å². The summed E-state index contributed by atoms with van der Waals surface area (Å²) in [6, 6.07) is 14.5. The van der Waals surface area contributed by atoms with Gasteiger partial charge in [-0.25, -0.2) is 0 Å². The molecule has 0 fully saturated rings. The number of amides is 2. The molecule has 1 aliphatic rings. The van der Waals surface area contributed by atoms with E-state index < -0.39 is 6.04 Å². The second-order valence-corrected chi connectivity index (χ2v) is 6.42. The average Bonchev–Trinajstić information content (AvgIpc) is 2.70. The number of carbonyl (C=O) groups excluding carboxylic acids is 2. The molecule has 0 saturated heterocycles. The Bertz CT molecular complexity index is 804. The highest BCUT2D eigenvalue weighted by molar-refractivity contribution is 5.92. The van der Waals surface area contributed by atoms with Crippen molar-refractivity contribution in [1.29, 1.82) is 0 Å². The molecule has 0 bridgehead atoms. The van der Waals surface area contributed by atoms with Crippen LogP contribution >= 0.6 is 0 Å². The van der Waals surface area contributed by atoms with Gasteiger partial charge in [0.05, 0.1) is 20.1 Å². The van der Waals surface area contributed by atoms with Crippen LogP contribution in [-0.4, -0.2) is 44.1 Å². The van der Waals surface area contributed by atoms with Crippen molar-refractivity contribution in [3.05, 3.63) is 65.2 Å². The third kappa shape index (κ3) is 4.28. The maximum Gasteiger partial charge on any atom is 0.247 e. The molecule has 0 radical (unpaired) electrons. The van der Waals surface area contributed by atoms with Crippen LogP contribution in [0, 0.1) is 0 Å². The zero-order valence-corrected chi connectivity index (χ0v) is 15.6. The third-order valence-electron chi connectivity index (χ3n) is 4.73. The normalized spacial score (nSPS) is 16.0. The van der Waals surface area contributed by atoms with E-state index >= 15 is 0 Å². The van der Waals surface area contributed by atoms with Gasteiger partial charge in [-0.2, -0.15) is 0 Å². The topological polar surface area (TPSA) is 67.9 Å². The molecule has 2 aromatic rings. The SMILES string of the molecule is COCCN1C(=O)Cc2ccccc2[C@@H]1C(=O)NCc1ccc(OC)cc1. The molecule has 0 aliphatic carbocycles. The lowest BCUT2D eigenvalue weighted by molar-refractivity contribution is -0.142. The molecule has 0 spiro atoms. The van der Waals surface area contributed by atoms with Gasteiger partial charge in [-0.05, 0) is 28.8 Å². The largest absolute Gasteiger partial charge is 0.497 e. The Morgan fingerprint density at radius 1 is 1.15 bits per heavy atom. The van der Waals surface area contributed by atoms with E-state index in [9.17, 15) is 9.59 Å². The summed E-state index contributed by atoms with van der Waals surface area (Å²) in [6.45, 7) is 1.15. The minimum atomic E-state index is -0.643. The van der Waals surface area contributed by atoms with Crippen LogP contribution < -0.4 is 10.1 Å².